The summed E-state index contributed by atoms with van der Waals surface area (Å²) in [5.41, 5.74) is 0. The molecule has 0 saturated heterocycles. The average Bonchev–Trinajstić information content (AvgIpc) is 3.47. The summed E-state index contributed by atoms with van der Waals surface area (Å²) < 4.78 is 16.8. The maximum atomic E-state index is 12.9. The molecule has 0 radical (unpaired) electrons. The van der Waals surface area contributed by atoms with E-state index in [1.807, 2.05) is 0 Å². The largest absolute Gasteiger partial charge is 0.462 e. The molecule has 0 saturated carbocycles. The standard InChI is InChI=1S/C76H120O6/c1-4-7-10-13-16-19-22-25-27-29-30-31-32-33-34-35-36-37-38-39-40-41-42-43-44-45-46-48-49-51-54-57-60-63-66-69-75(78)81-72-73(71-80-74(77)68-65-62-59-56-53-24-21-18-15-12-9-6-3)82-76(79)70-67-64-61-58-55-52-50-47-28-26-23-20-17-14-11-8-5-2/h7-8,10-11,16-17,19-20,25-28,30-31,33-34,36-37,39-40,42-43,45-46,50,52,58,61,73H,4-6,9,12-15,18,21-24,29,32,35,38,41,44,47-49,51,53-57,59-60,62-72H2,1-3H3/b10-7-,11-8-,19-16-,20-17-,27-25-,28-26-,31-30-,34-33-,37-36-,40-39-,43-42-,46-45-,52-50-,61-58-. The number of ether oxygens (including phenoxy) is 3. The summed E-state index contributed by atoms with van der Waals surface area (Å²) in [6.07, 6.45) is 101. The fraction of sp³-hybridized carbons (Fsp3) is 0.592. The van der Waals surface area contributed by atoms with Crippen molar-refractivity contribution in [2.45, 2.75) is 277 Å². The third-order valence-corrected chi connectivity index (χ3v) is 13.5. The Morgan fingerprint density at radius 1 is 0.256 bits per heavy atom. The fourth-order valence-corrected chi connectivity index (χ4v) is 8.59. The van der Waals surface area contributed by atoms with Gasteiger partial charge in [-0.3, -0.25) is 14.4 Å². The third kappa shape index (κ3) is 65.6. The van der Waals surface area contributed by atoms with Gasteiger partial charge in [-0.05, 0) is 128 Å². The van der Waals surface area contributed by atoms with Crippen LogP contribution in [0.4, 0.5) is 0 Å². The normalized spacial score (nSPS) is 13.3. The number of carbonyl (C=O) groups excluding carboxylic acids is 3. The maximum absolute atomic E-state index is 12.9. The summed E-state index contributed by atoms with van der Waals surface area (Å²) in [6.45, 7) is 6.35. The molecule has 0 rings (SSSR count). The van der Waals surface area contributed by atoms with Gasteiger partial charge in [0.1, 0.15) is 13.2 Å². The molecule has 0 aliphatic carbocycles. The fourth-order valence-electron chi connectivity index (χ4n) is 8.59. The summed E-state index contributed by atoms with van der Waals surface area (Å²) in [4.78, 5) is 38.2. The van der Waals surface area contributed by atoms with Crippen LogP contribution in [-0.2, 0) is 28.6 Å². The lowest BCUT2D eigenvalue weighted by molar-refractivity contribution is -0.167. The van der Waals surface area contributed by atoms with Gasteiger partial charge in [-0.1, -0.05) is 294 Å². The Labute approximate surface area is 504 Å². The molecule has 0 heterocycles. The molecule has 0 aromatic rings. The van der Waals surface area contributed by atoms with Crippen LogP contribution >= 0.6 is 0 Å². The van der Waals surface area contributed by atoms with Crippen LogP contribution in [-0.4, -0.2) is 37.2 Å². The number of allylic oxidation sites excluding steroid dienone is 28. The lowest BCUT2D eigenvalue weighted by Gasteiger charge is -2.18. The zero-order valence-corrected chi connectivity index (χ0v) is 52.7. The SMILES string of the molecule is CC/C=C\C/C=C\C/C=C\C/C=C\C/C=C\C/C=C\C/C=C\C/C=C\C/C=C\CCCCCCCCCC(=O)OCC(COC(=O)CCCCCCCCCCCCCC)OC(=O)CCC/C=C\C/C=C\C/C=C\C/C=C\C/C=C\CC. The quantitative estimate of drug-likeness (QED) is 0.0261. The van der Waals surface area contributed by atoms with Crippen molar-refractivity contribution in [2.24, 2.45) is 0 Å². The Kier molecular flexibility index (Phi) is 63.9. The van der Waals surface area contributed by atoms with Crippen molar-refractivity contribution in [1.29, 1.82) is 0 Å². The molecular weight excluding hydrogens is 1010 g/mol. The molecule has 1 unspecified atom stereocenters. The molecule has 0 spiro atoms. The van der Waals surface area contributed by atoms with E-state index in [1.165, 1.54) is 83.5 Å². The first-order valence-corrected chi connectivity index (χ1v) is 33.1. The predicted octanol–water partition coefficient (Wildman–Crippen LogP) is 23.0. The molecular formula is C76H120O6. The first-order chi connectivity index (χ1) is 40.5. The molecule has 1 atom stereocenters. The lowest BCUT2D eigenvalue weighted by atomic mass is 10.0. The zero-order valence-electron chi connectivity index (χ0n) is 52.7. The minimum atomic E-state index is -0.819. The zero-order chi connectivity index (χ0) is 59.2. The number of carbonyl (C=O) groups is 3. The summed E-state index contributed by atoms with van der Waals surface area (Å²) in [6, 6.07) is 0. The summed E-state index contributed by atoms with van der Waals surface area (Å²) in [5, 5.41) is 0. The van der Waals surface area contributed by atoms with Gasteiger partial charge in [0.05, 0.1) is 0 Å². The van der Waals surface area contributed by atoms with Crippen molar-refractivity contribution < 1.29 is 28.6 Å². The average molecular weight is 1130 g/mol. The van der Waals surface area contributed by atoms with E-state index in [2.05, 4.69) is 191 Å². The molecule has 0 aliphatic heterocycles. The van der Waals surface area contributed by atoms with Gasteiger partial charge < -0.3 is 14.2 Å². The van der Waals surface area contributed by atoms with Gasteiger partial charge in [0, 0.05) is 19.3 Å². The monoisotopic (exact) mass is 1130 g/mol. The van der Waals surface area contributed by atoms with Crippen LogP contribution in [0, 0.1) is 0 Å². The molecule has 6 heteroatoms. The molecule has 0 aromatic heterocycles. The highest BCUT2D eigenvalue weighted by Gasteiger charge is 2.19. The Morgan fingerprint density at radius 2 is 0.488 bits per heavy atom. The van der Waals surface area contributed by atoms with Crippen LogP contribution < -0.4 is 0 Å². The summed E-state index contributed by atoms with van der Waals surface area (Å²) >= 11 is 0. The Morgan fingerprint density at radius 3 is 0.780 bits per heavy atom. The summed E-state index contributed by atoms with van der Waals surface area (Å²) in [5.74, 6) is -0.982. The highest BCUT2D eigenvalue weighted by molar-refractivity contribution is 5.71. The maximum Gasteiger partial charge on any atom is 0.306 e. The number of unbranched alkanes of at least 4 members (excludes halogenated alkanes) is 19. The van der Waals surface area contributed by atoms with Crippen molar-refractivity contribution in [3.05, 3.63) is 170 Å². The molecule has 0 aliphatic rings. The minimum Gasteiger partial charge on any atom is -0.462 e. The highest BCUT2D eigenvalue weighted by atomic mass is 16.6. The van der Waals surface area contributed by atoms with Crippen molar-refractivity contribution in [2.75, 3.05) is 13.2 Å². The van der Waals surface area contributed by atoms with Gasteiger partial charge in [-0.2, -0.15) is 0 Å². The molecule has 0 amide bonds. The molecule has 0 N–H and O–H groups in total. The van der Waals surface area contributed by atoms with Crippen LogP contribution in [0.5, 0.6) is 0 Å². The highest BCUT2D eigenvalue weighted by Crippen LogP contribution is 2.15. The number of hydrogen-bond donors (Lipinski definition) is 0. The van der Waals surface area contributed by atoms with Crippen LogP contribution in [0.2, 0.25) is 0 Å². The van der Waals surface area contributed by atoms with E-state index in [1.54, 1.807) is 0 Å². The van der Waals surface area contributed by atoms with Crippen molar-refractivity contribution in [3.63, 3.8) is 0 Å². The molecule has 460 valence electrons. The van der Waals surface area contributed by atoms with Crippen molar-refractivity contribution in [3.8, 4) is 0 Å². The van der Waals surface area contributed by atoms with E-state index in [0.717, 1.165) is 141 Å². The van der Waals surface area contributed by atoms with E-state index in [0.29, 0.717) is 19.3 Å². The third-order valence-electron chi connectivity index (χ3n) is 13.5. The Hall–Kier alpha value is -5.23. The second-order valence-corrected chi connectivity index (χ2v) is 21.3. The molecule has 0 bridgehead atoms. The number of hydrogen-bond acceptors (Lipinski definition) is 6. The van der Waals surface area contributed by atoms with Crippen LogP contribution in [0.1, 0.15) is 271 Å². The molecule has 82 heavy (non-hydrogen) atoms. The first-order valence-electron chi connectivity index (χ1n) is 33.1. The first kappa shape index (κ1) is 76.8. The number of rotatable bonds is 58. The van der Waals surface area contributed by atoms with E-state index in [4.69, 9.17) is 14.2 Å². The van der Waals surface area contributed by atoms with E-state index < -0.39 is 6.10 Å². The van der Waals surface area contributed by atoms with E-state index in [-0.39, 0.29) is 37.5 Å². The van der Waals surface area contributed by atoms with Gasteiger partial charge in [-0.15, -0.1) is 0 Å². The van der Waals surface area contributed by atoms with Gasteiger partial charge >= 0.3 is 17.9 Å². The van der Waals surface area contributed by atoms with Crippen molar-refractivity contribution in [1.82, 2.24) is 0 Å². The molecule has 6 nitrogen and oxygen atoms in total. The van der Waals surface area contributed by atoms with Gasteiger partial charge in [0.25, 0.3) is 0 Å². The number of esters is 3. The van der Waals surface area contributed by atoms with Gasteiger partial charge in [0.2, 0.25) is 0 Å². The molecule has 0 fully saturated rings. The second-order valence-electron chi connectivity index (χ2n) is 21.3. The van der Waals surface area contributed by atoms with Crippen LogP contribution in [0.3, 0.4) is 0 Å². The van der Waals surface area contributed by atoms with Crippen molar-refractivity contribution >= 4 is 17.9 Å². The predicted molar refractivity (Wildman–Crippen MR) is 357 cm³/mol. The van der Waals surface area contributed by atoms with E-state index >= 15 is 0 Å². The van der Waals surface area contributed by atoms with Crippen LogP contribution in [0.25, 0.3) is 0 Å². The van der Waals surface area contributed by atoms with Crippen LogP contribution in [0.15, 0.2) is 170 Å². The van der Waals surface area contributed by atoms with E-state index in [9.17, 15) is 14.4 Å². The Bertz CT molecular complexity index is 1870. The van der Waals surface area contributed by atoms with Gasteiger partial charge in [-0.25, -0.2) is 0 Å². The second kappa shape index (κ2) is 68.3. The van der Waals surface area contributed by atoms with Gasteiger partial charge in [0.15, 0.2) is 6.10 Å². The summed E-state index contributed by atoms with van der Waals surface area (Å²) in [7, 11) is 0. The minimum absolute atomic E-state index is 0.108. The molecule has 0 aromatic carbocycles. The smallest absolute Gasteiger partial charge is 0.306 e. The lowest BCUT2D eigenvalue weighted by Crippen LogP contribution is -2.30. The Balaban J connectivity index is 4.33. The topological polar surface area (TPSA) is 78.9 Å².